The second-order valence-corrected chi connectivity index (χ2v) is 8.66. The third-order valence-electron chi connectivity index (χ3n) is 5.22. The first kappa shape index (κ1) is 23.0. The Hall–Kier alpha value is -2.65. The van der Waals surface area contributed by atoms with E-state index in [0.717, 1.165) is 16.3 Å². The normalized spacial score (nSPS) is 16.8. The molecule has 1 aromatic carbocycles. The number of hydrogen-bond acceptors (Lipinski definition) is 7. The molecular weight excluding hydrogens is 416 g/mol. The zero-order valence-corrected chi connectivity index (χ0v) is 19.3. The molecule has 0 saturated carbocycles. The molecule has 1 unspecified atom stereocenters. The van der Waals surface area contributed by atoms with Crippen LogP contribution in [-0.2, 0) is 22.7 Å². The molecule has 2 N–H and O–H groups in total. The first-order valence-electron chi connectivity index (χ1n) is 10.3. The van der Waals surface area contributed by atoms with E-state index in [1.165, 1.54) is 0 Å². The molecule has 0 bridgehead atoms. The number of ether oxygens (including phenoxy) is 2. The van der Waals surface area contributed by atoms with Gasteiger partial charge < -0.3 is 20.1 Å². The third kappa shape index (κ3) is 5.95. The molecule has 0 radical (unpaired) electrons. The van der Waals surface area contributed by atoms with Gasteiger partial charge in [-0.2, -0.15) is 0 Å². The molecule has 0 aliphatic carbocycles. The van der Waals surface area contributed by atoms with Crippen molar-refractivity contribution in [1.29, 1.82) is 0 Å². The maximum Gasteiger partial charge on any atom is 0.237 e. The van der Waals surface area contributed by atoms with Crippen LogP contribution in [0.5, 0.6) is 11.5 Å². The van der Waals surface area contributed by atoms with Crippen molar-refractivity contribution in [1.82, 2.24) is 20.5 Å². The van der Waals surface area contributed by atoms with Gasteiger partial charge in [-0.25, -0.2) is 4.98 Å². The number of carbonyl (C=O) groups excluding carboxylic acids is 2. The molecule has 9 heteroatoms. The summed E-state index contributed by atoms with van der Waals surface area (Å²) < 4.78 is 10.7. The molecule has 0 spiro atoms. The minimum atomic E-state index is -0.540. The molecule has 1 saturated heterocycles. The lowest BCUT2D eigenvalue weighted by Crippen LogP contribution is -2.56. The van der Waals surface area contributed by atoms with E-state index in [1.807, 2.05) is 28.5 Å². The second kappa shape index (κ2) is 10.6. The first-order valence-corrected chi connectivity index (χ1v) is 11.2. The highest BCUT2D eigenvalue weighted by atomic mass is 32.1. The van der Waals surface area contributed by atoms with Crippen LogP contribution in [0.3, 0.4) is 0 Å². The maximum atomic E-state index is 12.6. The molecule has 1 aliphatic rings. The predicted molar refractivity (Wildman–Crippen MR) is 119 cm³/mol. The number of thiazole rings is 1. The van der Waals surface area contributed by atoms with Gasteiger partial charge in [0.25, 0.3) is 0 Å². The summed E-state index contributed by atoms with van der Waals surface area (Å²) in [6, 6.07) is 5.07. The van der Waals surface area contributed by atoms with Gasteiger partial charge in [-0.15, -0.1) is 11.3 Å². The van der Waals surface area contributed by atoms with Gasteiger partial charge in [0.2, 0.25) is 11.8 Å². The highest BCUT2D eigenvalue weighted by molar-refractivity contribution is 7.09. The molecular formula is C22H30N4O4S. The van der Waals surface area contributed by atoms with E-state index in [0.29, 0.717) is 43.6 Å². The number of piperazine rings is 1. The van der Waals surface area contributed by atoms with Gasteiger partial charge in [-0.05, 0) is 6.07 Å². The number of amides is 2. The lowest BCUT2D eigenvalue weighted by molar-refractivity contribution is -0.134. The number of methoxy groups -OCH3 is 2. The zero-order valence-electron chi connectivity index (χ0n) is 18.4. The van der Waals surface area contributed by atoms with Crippen molar-refractivity contribution in [3.05, 3.63) is 39.8 Å². The van der Waals surface area contributed by atoms with Gasteiger partial charge in [0, 0.05) is 42.6 Å². The molecule has 2 heterocycles. The Morgan fingerprint density at radius 2 is 2.16 bits per heavy atom. The number of benzene rings is 1. The largest absolute Gasteiger partial charge is 0.497 e. The highest BCUT2D eigenvalue weighted by Crippen LogP contribution is 2.27. The molecule has 1 aromatic heterocycles. The summed E-state index contributed by atoms with van der Waals surface area (Å²) in [6.45, 7) is 6.25. The molecule has 1 fully saturated rings. The van der Waals surface area contributed by atoms with Crippen molar-refractivity contribution in [3.8, 4) is 11.5 Å². The Morgan fingerprint density at radius 3 is 2.84 bits per heavy atom. The molecule has 1 aliphatic heterocycles. The fourth-order valence-corrected chi connectivity index (χ4v) is 4.32. The van der Waals surface area contributed by atoms with Crippen LogP contribution in [0.25, 0.3) is 0 Å². The van der Waals surface area contributed by atoms with Crippen LogP contribution >= 0.6 is 11.3 Å². The van der Waals surface area contributed by atoms with Crippen LogP contribution in [0.4, 0.5) is 0 Å². The number of aromatic nitrogens is 1. The van der Waals surface area contributed by atoms with Crippen molar-refractivity contribution in [2.75, 3.05) is 27.3 Å². The number of hydrogen-bond donors (Lipinski definition) is 2. The fraction of sp³-hybridized carbons (Fsp3) is 0.500. The third-order valence-corrected chi connectivity index (χ3v) is 6.41. The first-order chi connectivity index (χ1) is 14.9. The Bertz CT molecular complexity index is 915. The van der Waals surface area contributed by atoms with Gasteiger partial charge in [-0.3, -0.25) is 14.5 Å². The summed E-state index contributed by atoms with van der Waals surface area (Å²) in [6.07, 6.45) is 0.0888. The lowest BCUT2D eigenvalue weighted by Gasteiger charge is -2.35. The van der Waals surface area contributed by atoms with E-state index in [2.05, 4.69) is 29.5 Å². The highest BCUT2D eigenvalue weighted by Gasteiger charge is 2.32. The Morgan fingerprint density at radius 1 is 1.35 bits per heavy atom. The monoisotopic (exact) mass is 446 g/mol. The van der Waals surface area contributed by atoms with Crippen molar-refractivity contribution in [3.63, 3.8) is 0 Å². The van der Waals surface area contributed by atoms with Crippen LogP contribution in [0.1, 0.15) is 42.5 Å². The Labute approximate surface area is 186 Å². The summed E-state index contributed by atoms with van der Waals surface area (Å²) in [5, 5.41) is 8.78. The Kier molecular flexibility index (Phi) is 7.86. The molecule has 1 atom stereocenters. The predicted octanol–water partition coefficient (Wildman–Crippen LogP) is 2.29. The summed E-state index contributed by atoms with van der Waals surface area (Å²) in [4.78, 5) is 31.7. The van der Waals surface area contributed by atoms with Crippen LogP contribution in [0.2, 0.25) is 0 Å². The quantitative estimate of drug-likeness (QED) is 0.614. The van der Waals surface area contributed by atoms with Crippen molar-refractivity contribution >= 4 is 23.2 Å². The molecule has 31 heavy (non-hydrogen) atoms. The number of carbonyl (C=O) groups is 2. The van der Waals surface area contributed by atoms with Crippen molar-refractivity contribution in [2.24, 2.45) is 0 Å². The van der Waals surface area contributed by atoms with Crippen LogP contribution < -0.4 is 20.1 Å². The lowest BCUT2D eigenvalue weighted by atomic mass is 10.1. The van der Waals surface area contributed by atoms with Gasteiger partial charge in [0.1, 0.15) is 11.5 Å². The van der Waals surface area contributed by atoms with E-state index in [9.17, 15) is 9.59 Å². The number of rotatable bonds is 9. The van der Waals surface area contributed by atoms with E-state index in [4.69, 9.17) is 9.47 Å². The zero-order chi connectivity index (χ0) is 22.4. The van der Waals surface area contributed by atoms with Gasteiger partial charge in [0.05, 0.1) is 43.9 Å². The van der Waals surface area contributed by atoms with Crippen LogP contribution in [-0.4, -0.2) is 55.0 Å². The number of nitrogens with one attached hydrogen (secondary N) is 2. The minimum absolute atomic E-state index is 0.0888. The molecule has 168 valence electrons. The average Bonchev–Trinajstić information content (AvgIpc) is 3.24. The van der Waals surface area contributed by atoms with Gasteiger partial charge >= 0.3 is 0 Å². The topological polar surface area (TPSA) is 92.8 Å². The molecule has 2 aromatic rings. The van der Waals surface area contributed by atoms with E-state index in [1.54, 1.807) is 25.6 Å². The van der Waals surface area contributed by atoms with Crippen molar-refractivity contribution in [2.45, 2.75) is 45.3 Å². The summed E-state index contributed by atoms with van der Waals surface area (Å²) >= 11 is 1.60. The standard InChI is InChI=1S/C22H30N4O4S/c1-14(2)22-25-16(13-31-22)11-24-20(27)10-18-21(28)23-7-8-26(18)12-15-5-6-17(29-3)9-19(15)30-4/h5-6,9,13-14,18H,7-8,10-12H2,1-4H3,(H,23,28)(H,24,27). The fourth-order valence-electron chi connectivity index (χ4n) is 3.48. The van der Waals surface area contributed by atoms with Gasteiger partial charge in [-0.1, -0.05) is 19.9 Å². The summed E-state index contributed by atoms with van der Waals surface area (Å²) in [5.74, 6) is 1.45. The second-order valence-electron chi connectivity index (χ2n) is 7.77. The van der Waals surface area contributed by atoms with Crippen molar-refractivity contribution < 1.29 is 19.1 Å². The van der Waals surface area contributed by atoms with Crippen LogP contribution in [0, 0.1) is 0 Å². The van der Waals surface area contributed by atoms with Crippen LogP contribution in [0.15, 0.2) is 23.6 Å². The average molecular weight is 447 g/mol. The van der Waals surface area contributed by atoms with Gasteiger partial charge in [0.15, 0.2) is 0 Å². The SMILES string of the molecule is COc1ccc(CN2CCNC(=O)C2CC(=O)NCc2csc(C(C)C)n2)c(OC)c1. The summed E-state index contributed by atoms with van der Waals surface area (Å²) in [5.41, 5.74) is 1.78. The molecule has 2 amide bonds. The molecule has 3 rings (SSSR count). The molecule has 8 nitrogen and oxygen atoms in total. The smallest absolute Gasteiger partial charge is 0.237 e. The summed E-state index contributed by atoms with van der Waals surface area (Å²) in [7, 11) is 3.21. The van der Waals surface area contributed by atoms with E-state index in [-0.39, 0.29) is 18.2 Å². The number of nitrogens with zero attached hydrogens (tertiary/aromatic N) is 2. The minimum Gasteiger partial charge on any atom is -0.497 e. The Balaban J connectivity index is 1.63. The van der Waals surface area contributed by atoms with E-state index < -0.39 is 6.04 Å². The maximum absolute atomic E-state index is 12.6. The van der Waals surface area contributed by atoms with E-state index >= 15 is 0 Å².